The molecule has 2 aromatic rings. The van der Waals surface area contributed by atoms with E-state index in [1.54, 1.807) is 6.20 Å². The number of nitrogen functional groups attached to an aromatic ring is 1. The van der Waals surface area contributed by atoms with Crippen molar-refractivity contribution >= 4 is 27.3 Å². The van der Waals surface area contributed by atoms with Gasteiger partial charge in [-0.05, 0) is 15.9 Å². The molecule has 0 amide bonds. The van der Waals surface area contributed by atoms with Crippen molar-refractivity contribution in [3.8, 4) is 0 Å². The maximum absolute atomic E-state index is 11.0. The predicted molar refractivity (Wildman–Crippen MR) is 47.9 cm³/mol. The number of hydrogen-bond acceptors (Lipinski definition) is 3. The number of halogens is 1. The molecule has 0 radical (unpaired) electrons. The minimum Gasteiger partial charge on any atom is -0.396 e. The van der Waals surface area contributed by atoms with Crippen LogP contribution in [0.5, 0.6) is 0 Å². The summed E-state index contributed by atoms with van der Waals surface area (Å²) < 4.78 is 1.89. The van der Waals surface area contributed by atoms with Crippen LogP contribution in [0.25, 0.3) is 5.65 Å². The topological polar surface area (TPSA) is 76.2 Å². The van der Waals surface area contributed by atoms with Gasteiger partial charge in [0.15, 0.2) is 5.65 Å². The van der Waals surface area contributed by atoms with Gasteiger partial charge >= 0.3 is 0 Å². The quantitative estimate of drug-likeness (QED) is 0.685. The molecule has 0 bridgehead atoms. The molecule has 0 saturated carbocycles. The average Bonchev–Trinajstić information content (AvgIpc) is 2.28. The van der Waals surface area contributed by atoms with Crippen molar-refractivity contribution in [3.05, 3.63) is 27.2 Å². The Morgan fingerprint density at radius 2 is 2.42 bits per heavy atom. The van der Waals surface area contributed by atoms with Gasteiger partial charge in [0.1, 0.15) is 4.47 Å². The Kier molecular flexibility index (Phi) is 1.44. The molecule has 0 aromatic carbocycles. The summed E-state index contributed by atoms with van der Waals surface area (Å²) in [7, 11) is 0. The van der Waals surface area contributed by atoms with Crippen molar-refractivity contribution in [2.75, 3.05) is 5.73 Å². The van der Waals surface area contributed by atoms with Crippen LogP contribution >= 0.6 is 15.9 Å². The van der Waals surface area contributed by atoms with Gasteiger partial charge in [-0.2, -0.15) is 0 Å². The molecule has 0 aliphatic heterocycles. The summed E-state index contributed by atoms with van der Waals surface area (Å²) in [6.07, 6.45) is 3.09. The standard InChI is InChI=1S/C6H5BrN4O/c7-4-5-9-1-3(8)2-11(5)10-6(4)12/h1-2H,8H2,(H,10,12). The summed E-state index contributed by atoms with van der Waals surface area (Å²) in [4.78, 5) is 15.0. The fourth-order valence-corrected chi connectivity index (χ4v) is 1.33. The summed E-state index contributed by atoms with van der Waals surface area (Å²) in [6.45, 7) is 0. The smallest absolute Gasteiger partial charge is 0.281 e. The first kappa shape index (κ1) is 7.35. The van der Waals surface area contributed by atoms with E-state index in [2.05, 4.69) is 26.0 Å². The number of rotatable bonds is 0. The second-order valence-corrected chi connectivity index (χ2v) is 3.13. The fourth-order valence-electron chi connectivity index (χ4n) is 0.949. The third-order valence-electron chi connectivity index (χ3n) is 1.46. The highest BCUT2D eigenvalue weighted by atomic mass is 79.9. The SMILES string of the molecule is Nc1cnc2c(Br)c(=O)[nH]n2c1. The van der Waals surface area contributed by atoms with E-state index >= 15 is 0 Å². The predicted octanol–water partition coefficient (Wildman–Crippen LogP) is 0.367. The summed E-state index contributed by atoms with van der Waals surface area (Å²) in [6, 6.07) is 0. The first-order valence-corrected chi connectivity index (χ1v) is 3.99. The molecule has 3 N–H and O–H groups in total. The third kappa shape index (κ3) is 0.918. The molecule has 5 nitrogen and oxygen atoms in total. The highest BCUT2D eigenvalue weighted by Gasteiger charge is 2.05. The zero-order valence-corrected chi connectivity index (χ0v) is 7.50. The molecule has 2 rings (SSSR count). The Morgan fingerprint density at radius 1 is 1.67 bits per heavy atom. The number of fused-ring (bicyclic) bond motifs is 1. The second kappa shape index (κ2) is 2.34. The lowest BCUT2D eigenvalue weighted by molar-refractivity contribution is 0.922. The van der Waals surface area contributed by atoms with E-state index in [4.69, 9.17) is 5.73 Å². The molecule has 0 aliphatic rings. The zero-order valence-electron chi connectivity index (χ0n) is 5.91. The Bertz CT molecular complexity index is 486. The monoisotopic (exact) mass is 228 g/mol. The summed E-state index contributed by atoms with van der Waals surface area (Å²) in [5.41, 5.74) is 6.29. The van der Waals surface area contributed by atoms with Gasteiger partial charge in [0.25, 0.3) is 5.56 Å². The highest BCUT2D eigenvalue weighted by molar-refractivity contribution is 9.10. The number of nitrogens with one attached hydrogen (secondary N) is 1. The minimum absolute atomic E-state index is 0.215. The summed E-state index contributed by atoms with van der Waals surface area (Å²) in [5, 5.41) is 2.54. The largest absolute Gasteiger partial charge is 0.396 e. The van der Waals surface area contributed by atoms with Crippen molar-refractivity contribution in [3.63, 3.8) is 0 Å². The van der Waals surface area contributed by atoms with Crippen LogP contribution in [-0.4, -0.2) is 14.6 Å². The first-order valence-electron chi connectivity index (χ1n) is 3.20. The molecule has 0 spiro atoms. The fraction of sp³-hybridized carbons (Fsp3) is 0. The second-order valence-electron chi connectivity index (χ2n) is 2.34. The van der Waals surface area contributed by atoms with E-state index < -0.39 is 0 Å². The maximum atomic E-state index is 11.0. The average molecular weight is 229 g/mol. The lowest BCUT2D eigenvalue weighted by atomic mass is 10.5. The van der Waals surface area contributed by atoms with Crippen molar-refractivity contribution in [2.24, 2.45) is 0 Å². The van der Waals surface area contributed by atoms with Crippen LogP contribution in [0.15, 0.2) is 21.7 Å². The molecule has 0 saturated heterocycles. The van der Waals surface area contributed by atoms with Gasteiger partial charge in [0.05, 0.1) is 18.1 Å². The highest BCUT2D eigenvalue weighted by Crippen LogP contribution is 2.10. The molecule has 12 heavy (non-hydrogen) atoms. The molecule has 0 atom stereocenters. The Hall–Kier alpha value is -1.30. The van der Waals surface area contributed by atoms with Gasteiger partial charge in [-0.15, -0.1) is 0 Å². The molecule has 0 aliphatic carbocycles. The summed E-state index contributed by atoms with van der Waals surface area (Å²) >= 11 is 3.11. The number of nitrogens with zero attached hydrogens (tertiary/aromatic N) is 2. The summed E-state index contributed by atoms with van der Waals surface area (Å²) in [5.74, 6) is 0. The van der Waals surface area contributed by atoms with Crippen LogP contribution in [0.2, 0.25) is 0 Å². The number of anilines is 1. The maximum Gasteiger partial charge on any atom is 0.281 e. The molecule has 2 aromatic heterocycles. The van der Waals surface area contributed by atoms with Crippen molar-refractivity contribution in [1.29, 1.82) is 0 Å². The van der Waals surface area contributed by atoms with E-state index in [0.717, 1.165) is 0 Å². The van der Waals surface area contributed by atoms with Crippen LogP contribution in [0, 0.1) is 0 Å². The molecule has 62 valence electrons. The minimum atomic E-state index is -0.215. The van der Waals surface area contributed by atoms with Crippen LogP contribution < -0.4 is 11.3 Å². The Morgan fingerprint density at radius 3 is 3.17 bits per heavy atom. The lowest BCUT2D eigenvalue weighted by Crippen LogP contribution is -2.00. The molecule has 0 fully saturated rings. The van der Waals surface area contributed by atoms with Crippen molar-refractivity contribution in [1.82, 2.24) is 14.6 Å². The Balaban J connectivity index is 2.96. The Labute approximate surface area is 75.3 Å². The first-order chi connectivity index (χ1) is 5.68. The molecular weight excluding hydrogens is 224 g/mol. The molecule has 0 unspecified atom stereocenters. The molecule has 6 heteroatoms. The van der Waals surface area contributed by atoms with E-state index in [1.807, 2.05) is 0 Å². The van der Waals surface area contributed by atoms with Crippen LogP contribution in [0.3, 0.4) is 0 Å². The van der Waals surface area contributed by atoms with Gasteiger partial charge < -0.3 is 5.73 Å². The van der Waals surface area contributed by atoms with E-state index in [0.29, 0.717) is 15.8 Å². The van der Waals surface area contributed by atoms with Crippen molar-refractivity contribution in [2.45, 2.75) is 0 Å². The number of nitrogens with two attached hydrogens (primary N) is 1. The van der Waals surface area contributed by atoms with E-state index in [-0.39, 0.29) is 5.56 Å². The van der Waals surface area contributed by atoms with E-state index in [1.165, 1.54) is 10.7 Å². The number of hydrogen-bond donors (Lipinski definition) is 2. The van der Waals surface area contributed by atoms with Crippen LogP contribution in [-0.2, 0) is 0 Å². The van der Waals surface area contributed by atoms with Gasteiger partial charge in [0, 0.05) is 0 Å². The van der Waals surface area contributed by atoms with Gasteiger partial charge in [-0.25, -0.2) is 9.50 Å². The van der Waals surface area contributed by atoms with Crippen LogP contribution in [0.4, 0.5) is 5.69 Å². The number of aromatic nitrogens is 3. The van der Waals surface area contributed by atoms with Gasteiger partial charge in [-0.1, -0.05) is 0 Å². The zero-order chi connectivity index (χ0) is 8.72. The third-order valence-corrected chi connectivity index (χ3v) is 2.17. The van der Waals surface area contributed by atoms with E-state index in [9.17, 15) is 4.79 Å². The number of H-pyrrole nitrogens is 1. The number of aromatic amines is 1. The van der Waals surface area contributed by atoms with Gasteiger partial charge in [-0.3, -0.25) is 9.89 Å². The molecular formula is C6H5BrN4O. The van der Waals surface area contributed by atoms with Gasteiger partial charge in [0.2, 0.25) is 0 Å². The normalized spacial score (nSPS) is 10.8. The molecule has 2 heterocycles. The van der Waals surface area contributed by atoms with Crippen molar-refractivity contribution < 1.29 is 0 Å². The lowest BCUT2D eigenvalue weighted by Gasteiger charge is -1.93. The van der Waals surface area contributed by atoms with Crippen LogP contribution in [0.1, 0.15) is 0 Å².